The van der Waals surface area contributed by atoms with Gasteiger partial charge in [0.25, 0.3) is 0 Å². The van der Waals surface area contributed by atoms with Crippen LogP contribution in [-0.4, -0.2) is 33.0 Å². The Balaban J connectivity index is 2.31. The van der Waals surface area contributed by atoms with Crippen molar-refractivity contribution < 1.29 is 12.8 Å². The van der Waals surface area contributed by atoms with Crippen molar-refractivity contribution in [1.82, 2.24) is 0 Å². The van der Waals surface area contributed by atoms with E-state index in [1.807, 2.05) is 6.07 Å². The van der Waals surface area contributed by atoms with Crippen molar-refractivity contribution >= 4 is 31.5 Å². The summed E-state index contributed by atoms with van der Waals surface area (Å²) in [7, 11) is -2.99. The van der Waals surface area contributed by atoms with Gasteiger partial charge in [0.15, 0.2) is 15.7 Å². The number of anilines is 1. The third kappa shape index (κ3) is 2.49. The summed E-state index contributed by atoms with van der Waals surface area (Å²) in [5.41, 5.74) is 0.552. The largest absolute Gasteiger partial charge is 0.367 e. The number of sulfone groups is 1. The molecule has 0 atom stereocenters. The molecule has 1 heterocycles. The van der Waals surface area contributed by atoms with E-state index in [0.29, 0.717) is 5.69 Å². The normalized spacial score (nSPS) is 18.4. The van der Waals surface area contributed by atoms with Crippen molar-refractivity contribution in [3.8, 4) is 6.07 Å². The van der Waals surface area contributed by atoms with E-state index >= 15 is 0 Å². The Hall–Kier alpha value is -1.13. The highest BCUT2D eigenvalue weighted by molar-refractivity contribution is 9.10. The van der Waals surface area contributed by atoms with Crippen LogP contribution < -0.4 is 4.90 Å². The molecule has 0 bridgehead atoms. The molecule has 0 amide bonds. The number of rotatable bonds is 1. The van der Waals surface area contributed by atoms with Crippen LogP contribution in [0.25, 0.3) is 0 Å². The lowest BCUT2D eigenvalue weighted by atomic mass is 10.2. The molecule has 96 valence electrons. The fourth-order valence-electron chi connectivity index (χ4n) is 1.82. The molecule has 0 unspecified atom stereocenters. The highest BCUT2D eigenvalue weighted by Crippen LogP contribution is 2.29. The van der Waals surface area contributed by atoms with Crippen LogP contribution in [0.15, 0.2) is 16.6 Å². The lowest BCUT2D eigenvalue weighted by molar-refractivity contribution is 0.580. The van der Waals surface area contributed by atoms with Crippen LogP contribution in [0.5, 0.6) is 0 Å². The minimum atomic E-state index is -2.99. The molecule has 0 N–H and O–H groups in total. The SMILES string of the molecule is N#Cc1ccc(N2CCS(=O)(=O)CC2)c(F)c1Br. The van der Waals surface area contributed by atoms with E-state index in [-0.39, 0.29) is 34.6 Å². The number of nitriles is 1. The van der Waals surface area contributed by atoms with Crippen molar-refractivity contribution in [2.75, 3.05) is 29.5 Å². The number of hydrogen-bond donors (Lipinski definition) is 0. The van der Waals surface area contributed by atoms with Crippen molar-refractivity contribution in [3.63, 3.8) is 0 Å². The van der Waals surface area contributed by atoms with E-state index in [1.165, 1.54) is 12.1 Å². The van der Waals surface area contributed by atoms with Crippen LogP contribution in [-0.2, 0) is 9.84 Å². The zero-order valence-electron chi connectivity index (χ0n) is 9.36. The van der Waals surface area contributed by atoms with Crippen LogP contribution in [0.1, 0.15) is 5.56 Å². The van der Waals surface area contributed by atoms with Crippen LogP contribution in [0.3, 0.4) is 0 Å². The van der Waals surface area contributed by atoms with E-state index in [9.17, 15) is 12.8 Å². The molecule has 4 nitrogen and oxygen atoms in total. The first-order valence-corrected chi connectivity index (χ1v) is 7.89. The smallest absolute Gasteiger partial charge is 0.161 e. The molecule has 1 aliphatic rings. The Labute approximate surface area is 113 Å². The monoisotopic (exact) mass is 332 g/mol. The van der Waals surface area contributed by atoms with Crippen LogP contribution in [0.2, 0.25) is 0 Å². The Bertz CT molecular complexity index is 611. The topological polar surface area (TPSA) is 61.2 Å². The second-order valence-electron chi connectivity index (χ2n) is 4.01. The van der Waals surface area contributed by atoms with Gasteiger partial charge in [-0.25, -0.2) is 12.8 Å². The number of hydrogen-bond acceptors (Lipinski definition) is 4. The van der Waals surface area contributed by atoms with Crippen LogP contribution in [0.4, 0.5) is 10.1 Å². The van der Waals surface area contributed by atoms with E-state index < -0.39 is 15.7 Å². The Morgan fingerprint density at radius 2 is 1.94 bits per heavy atom. The number of halogens is 2. The maximum absolute atomic E-state index is 14.0. The van der Waals surface area contributed by atoms with Gasteiger partial charge in [-0.15, -0.1) is 0 Å². The minimum absolute atomic E-state index is 0.0318. The number of nitrogens with zero attached hydrogens (tertiary/aromatic N) is 2. The van der Waals surface area contributed by atoms with Gasteiger partial charge in [-0.2, -0.15) is 5.26 Å². The molecule has 1 aromatic carbocycles. The summed E-state index contributed by atoms with van der Waals surface area (Å²) < 4.78 is 36.8. The standard InChI is InChI=1S/C11H10BrFN2O2S/c12-10-8(7-14)1-2-9(11(10)13)15-3-5-18(16,17)6-4-15/h1-2H,3-6H2. The molecule has 18 heavy (non-hydrogen) atoms. The van der Waals surface area contributed by atoms with Crippen molar-refractivity contribution in [3.05, 3.63) is 28.0 Å². The zero-order chi connectivity index (χ0) is 13.3. The van der Waals surface area contributed by atoms with Crippen molar-refractivity contribution in [2.45, 2.75) is 0 Å². The van der Waals surface area contributed by atoms with E-state index in [1.54, 1.807) is 4.90 Å². The minimum Gasteiger partial charge on any atom is -0.367 e. The molecule has 1 aliphatic heterocycles. The van der Waals surface area contributed by atoms with Gasteiger partial charge in [-0.3, -0.25) is 0 Å². The fraction of sp³-hybridized carbons (Fsp3) is 0.364. The Morgan fingerprint density at radius 1 is 1.33 bits per heavy atom. The van der Waals surface area contributed by atoms with Gasteiger partial charge in [0, 0.05) is 13.1 Å². The van der Waals surface area contributed by atoms with Crippen LogP contribution in [0, 0.1) is 17.1 Å². The molecular formula is C11H10BrFN2O2S. The summed E-state index contributed by atoms with van der Waals surface area (Å²) >= 11 is 3.04. The average Bonchev–Trinajstić information content (AvgIpc) is 2.33. The summed E-state index contributed by atoms with van der Waals surface area (Å²) in [6.45, 7) is 0.551. The summed E-state index contributed by atoms with van der Waals surface area (Å²) in [6, 6.07) is 4.91. The number of benzene rings is 1. The molecule has 1 saturated heterocycles. The molecule has 0 aromatic heterocycles. The molecule has 1 aromatic rings. The average molecular weight is 333 g/mol. The molecule has 0 spiro atoms. The van der Waals surface area contributed by atoms with E-state index in [4.69, 9.17) is 5.26 Å². The van der Waals surface area contributed by atoms with Gasteiger partial charge < -0.3 is 4.90 Å². The van der Waals surface area contributed by atoms with Gasteiger partial charge in [0.1, 0.15) is 6.07 Å². The van der Waals surface area contributed by atoms with Crippen molar-refractivity contribution in [1.29, 1.82) is 5.26 Å². The lowest BCUT2D eigenvalue weighted by Gasteiger charge is -2.29. The summed E-state index contributed by atoms with van der Waals surface area (Å²) in [4.78, 5) is 1.68. The zero-order valence-corrected chi connectivity index (χ0v) is 11.8. The molecule has 0 saturated carbocycles. The maximum atomic E-state index is 14.0. The van der Waals surface area contributed by atoms with Gasteiger partial charge in [-0.05, 0) is 28.1 Å². The van der Waals surface area contributed by atoms with Gasteiger partial charge in [0.2, 0.25) is 0 Å². The first kappa shape index (κ1) is 13.3. The van der Waals surface area contributed by atoms with Crippen LogP contribution >= 0.6 is 15.9 Å². The third-order valence-electron chi connectivity index (χ3n) is 2.87. The second kappa shape index (κ2) is 4.86. The maximum Gasteiger partial charge on any atom is 0.161 e. The second-order valence-corrected chi connectivity index (χ2v) is 7.11. The highest BCUT2D eigenvalue weighted by atomic mass is 79.9. The first-order valence-electron chi connectivity index (χ1n) is 5.28. The fourth-order valence-corrected chi connectivity index (χ4v) is 3.45. The summed E-state index contributed by atoms with van der Waals surface area (Å²) in [5.74, 6) is -0.456. The third-order valence-corrected chi connectivity index (χ3v) is 5.25. The molecule has 7 heteroatoms. The molecule has 0 radical (unpaired) electrons. The summed E-state index contributed by atoms with van der Waals surface area (Å²) in [5, 5.41) is 8.77. The first-order chi connectivity index (χ1) is 8.44. The predicted octanol–water partition coefficient (Wildman–Crippen LogP) is 1.69. The molecule has 1 fully saturated rings. The molecule has 0 aliphatic carbocycles. The molecule has 2 rings (SSSR count). The predicted molar refractivity (Wildman–Crippen MR) is 69.7 cm³/mol. The lowest BCUT2D eigenvalue weighted by Crippen LogP contribution is -2.40. The van der Waals surface area contributed by atoms with Gasteiger partial charge in [0.05, 0.1) is 27.2 Å². The highest BCUT2D eigenvalue weighted by Gasteiger charge is 2.24. The van der Waals surface area contributed by atoms with E-state index in [2.05, 4.69) is 15.9 Å². The molecular weight excluding hydrogens is 323 g/mol. The van der Waals surface area contributed by atoms with Crippen molar-refractivity contribution in [2.24, 2.45) is 0 Å². The van der Waals surface area contributed by atoms with Gasteiger partial charge >= 0.3 is 0 Å². The summed E-state index contributed by atoms with van der Waals surface area (Å²) in [6.07, 6.45) is 0. The van der Waals surface area contributed by atoms with Gasteiger partial charge in [-0.1, -0.05) is 0 Å². The van der Waals surface area contributed by atoms with E-state index in [0.717, 1.165) is 0 Å². The Kier molecular flexibility index (Phi) is 3.59. The Morgan fingerprint density at radius 3 is 2.50 bits per heavy atom. The quantitative estimate of drug-likeness (QED) is 0.785.